The Balaban J connectivity index is 1.57. The quantitative estimate of drug-likeness (QED) is 0.635. The number of primary amides is 1. The molecule has 0 bridgehead atoms. The standard InChI is InChI=1S/C23H26N6O3/c1-14(2)29-23(32)18-8-4-3-7-17(18)20(27-29)22(31)26-16-9-10-19(25-12-16)28-11-5-6-15(13-28)21(24)30/h3-4,7-10,12,14-15H,5-6,11,13H2,1-2H3,(H2,24,30)(H,26,31). The van der Waals surface area contributed by atoms with Crippen molar-refractivity contribution in [3.8, 4) is 0 Å². The fourth-order valence-electron chi connectivity index (χ4n) is 3.98. The lowest BCUT2D eigenvalue weighted by Crippen LogP contribution is -2.41. The number of anilines is 2. The number of pyridine rings is 1. The SMILES string of the molecule is CC(C)n1nc(C(=O)Nc2ccc(N3CCCC(C(N)=O)C3)nc2)c2ccccc2c1=O. The molecule has 4 rings (SSSR count). The molecule has 1 saturated heterocycles. The van der Waals surface area contributed by atoms with Gasteiger partial charge in [0.2, 0.25) is 5.91 Å². The van der Waals surface area contributed by atoms with Crippen molar-refractivity contribution in [1.29, 1.82) is 0 Å². The Morgan fingerprint density at radius 1 is 1.16 bits per heavy atom. The minimum absolute atomic E-state index is 0.179. The second-order valence-corrected chi connectivity index (χ2v) is 8.28. The molecule has 0 radical (unpaired) electrons. The van der Waals surface area contributed by atoms with Crippen molar-refractivity contribution in [2.75, 3.05) is 23.3 Å². The van der Waals surface area contributed by atoms with Crippen LogP contribution in [0.4, 0.5) is 11.5 Å². The van der Waals surface area contributed by atoms with Crippen LogP contribution in [0.5, 0.6) is 0 Å². The lowest BCUT2D eigenvalue weighted by molar-refractivity contribution is -0.122. The second-order valence-electron chi connectivity index (χ2n) is 8.28. The van der Waals surface area contributed by atoms with Crippen LogP contribution < -0.4 is 21.5 Å². The van der Waals surface area contributed by atoms with E-state index in [2.05, 4.69) is 15.4 Å². The highest BCUT2D eigenvalue weighted by molar-refractivity contribution is 6.11. The molecule has 32 heavy (non-hydrogen) atoms. The molecule has 3 N–H and O–H groups in total. The van der Waals surface area contributed by atoms with Crippen LogP contribution in [0, 0.1) is 5.92 Å². The highest BCUT2D eigenvalue weighted by atomic mass is 16.2. The molecule has 2 aromatic heterocycles. The van der Waals surface area contributed by atoms with Gasteiger partial charge in [-0.1, -0.05) is 18.2 Å². The molecule has 0 saturated carbocycles. The summed E-state index contributed by atoms with van der Waals surface area (Å²) in [4.78, 5) is 43.7. The van der Waals surface area contributed by atoms with Crippen molar-refractivity contribution < 1.29 is 9.59 Å². The zero-order valence-corrected chi connectivity index (χ0v) is 18.1. The summed E-state index contributed by atoms with van der Waals surface area (Å²) >= 11 is 0. The number of aromatic nitrogens is 3. The van der Waals surface area contributed by atoms with Gasteiger partial charge >= 0.3 is 0 Å². The van der Waals surface area contributed by atoms with Gasteiger partial charge in [0.05, 0.1) is 29.2 Å². The zero-order valence-electron chi connectivity index (χ0n) is 18.1. The first-order chi connectivity index (χ1) is 15.3. The summed E-state index contributed by atoms with van der Waals surface area (Å²) in [6, 6.07) is 10.3. The molecular formula is C23H26N6O3. The molecular weight excluding hydrogens is 408 g/mol. The number of nitrogens with two attached hydrogens (primary N) is 1. The van der Waals surface area contributed by atoms with E-state index in [1.807, 2.05) is 18.7 Å². The van der Waals surface area contributed by atoms with Crippen molar-refractivity contribution in [2.45, 2.75) is 32.7 Å². The molecule has 0 aliphatic carbocycles. The fraction of sp³-hybridized carbons (Fsp3) is 0.348. The molecule has 9 nitrogen and oxygen atoms in total. The Morgan fingerprint density at radius 3 is 2.56 bits per heavy atom. The first kappa shape index (κ1) is 21.5. The van der Waals surface area contributed by atoms with E-state index in [0.717, 1.165) is 25.2 Å². The number of hydrogen-bond acceptors (Lipinski definition) is 6. The van der Waals surface area contributed by atoms with Gasteiger partial charge in [0, 0.05) is 18.5 Å². The zero-order chi connectivity index (χ0) is 22.8. The highest BCUT2D eigenvalue weighted by Crippen LogP contribution is 2.23. The lowest BCUT2D eigenvalue weighted by atomic mass is 9.97. The average molecular weight is 435 g/mol. The summed E-state index contributed by atoms with van der Waals surface area (Å²) in [6.07, 6.45) is 3.24. The molecule has 1 atom stereocenters. The van der Waals surface area contributed by atoms with E-state index in [1.54, 1.807) is 42.6 Å². The summed E-state index contributed by atoms with van der Waals surface area (Å²) in [5.74, 6) is -0.162. The first-order valence-corrected chi connectivity index (χ1v) is 10.7. The number of carbonyl (C=O) groups excluding carboxylic acids is 2. The third-order valence-electron chi connectivity index (χ3n) is 5.69. The number of benzene rings is 1. The molecule has 9 heteroatoms. The average Bonchev–Trinajstić information content (AvgIpc) is 2.79. The number of piperidine rings is 1. The molecule has 1 fully saturated rings. The Morgan fingerprint density at radius 2 is 1.91 bits per heavy atom. The van der Waals surface area contributed by atoms with Crippen molar-refractivity contribution in [2.24, 2.45) is 11.7 Å². The Labute approximate surface area is 185 Å². The van der Waals surface area contributed by atoms with Crippen LogP contribution in [0.3, 0.4) is 0 Å². The number of nitrogens with one attached hydrogen (secondary N) is 1. The van der Waals surface area contributed by atoms with Crippen LogP contribution in [0.1, 0.15) is 43.2 Å². The number of amides is 2. The molecule has 1 aliphatic rings. The number of nitrogens with zero attached hydrogens (tertiary/aromatic N) is 4. The maximum absolute atomic E-state index is 13.0. The van der Waals surface area contributed by atoms with E-state index in [1.165, 1.54) is 4.68 Å². The van der Waals surface area contributed by atoms with Gasteiger partial charge in [0.15, 0.2) is 5.69 Å². The van der Waals surface area contributed by atoms with Crippen molar-refractivity contribution in [3.63, 3.8) is 0 Å². The Kier molecular flexibility index (Phi) is 5.89. The van der Waals surface area contributed by atoms with E-state index in [4.69, 9.17) is 5.73 Å². The summed E-state index contributed by atoms with van der Waals surface area (Å²) in [5.41, 5.74) is 5.92. The second kappa shape index (κ2) is 8.78. The maximum Gasteiger partial charge on any atom is 0.276 e. The maximum atomic E-state index is 13.0. The number of hydrogen-bond donors (Lipinski definition) is 2. The van der Waals surface area contributed by atoms with Gasteiger partial charge in [0.1, 0.15) is 5.82 Å². The molecule has 3 aromatic rings. The third-order valence-corrected chi connectivity index (χ3v) is 5.69. The number of rotatable bonds is 5. The topological polar surface area (TPSA) is 123 Å². The van der Waals surface area contributed by atoms with E-state index < -0.39 is 5.91 Å². The molecule has 166 valence electrons. The Hall–Kier alpha value is -3.75. The smallest absolute Gasteiger partial charge is 0.276 e. The molecule has 3 heterocycles. The van der Waals surface area contributed by atoms with Crippen molar-refractivity contribution >= 4 is 34.1 Å². The van der Waals surface area contributed by atoms with Gasteiger partial charge in [-0.05, 0) is 44.9 Å². The van der Waals surface area contributed by atoms with Crippen molar-refractivity contribution in [1.82, 2.24) is 14.8 Å². The number of carbonyl (C=O) groups is 2. The predicted octanol–water partition coefficient (Wildman–Crippen LogP) is 2.33. The summed E-state index contributed by atoms with van der Waals surface area (Å²) in [7, 11) is 0. The van der Waals surface area contributed by atoms with Gasteiger partial charge in [-0.3, -0.25) is 14.4 Å². The molecule has 1 aliphatic heterocycles. The Bertz CT molecular complexity index is 1220. The van der Waals surface area contributed by atoms with E-state index in [0.29, 0.717) is 23.0 Å². The summed E-state index contributed by atoms with van der Waals surface area (Å²) in [6.45, 7) is 5.03. The number of fused-ring (bicyclic) bond motifs is 1. The van der Waals surface area contributed by atoms with Crippen LogP contribution in [0.15, 0.2) is 47.4 Å². The van der Waals surface area contributed by atoms with Gasteiger partial charge in [-0.25, -0.2) is 9.67 Å². The van der Waals surface area contributed by atoms with Gasteiger partial charge in [-0.15, -0.1) is 0 Å². The molecule has 1 unspecified atom stereocenters. The predicted molar refractivity (Wildman–Crippen MR) is 123 cm³/mol. The van der Waals surface area contributed by atoms with Gasteiger partial charge in [0.25, 0.3) is 11.5 Å². The van der Waals surface area contributed by atoms with Crippen LogP contribution in [0.2, 0.25) is 0 Å². The highest BCUT2D eigenvalue weighted by Gasteiger charge is 2.25. The summed E-state index contributed by atoms with van der Waals surface area (Å²) < 4.78 is 1.32. The van der Waals surface area contributed by atoms with Gasteiger partial charge in [-0.2, -0.15) is 5.10 Å². The van der Waals surface area contributed by atoms with Crippen LogP contribution >= 0.6 is 0 Å². The minimum atomic E-state index is -0.420. The van der Waals surface area contributed by atoms with E-state index >= 15 is 0 Å². The largest absolute Gasteiger partial charge is 0.369 e. The minimum Gasteiger partial charge on any atom is -0.369 e. The van der Waals surface area contributed by atoms with E-state index in [9.17, 15) is 14.4 Å². The van der Waals surface area contributed by atoms with Crippen LogP contribution in [0.25, 0.3) is 10.8 Å². The van der Waals surface area contributed by atoms with Crippen LogP contribution in [-0.2, 0) is 4.79 Å². The third kappa shape index (κ3) is 4.18. The van der Waals surface area contributed by atoms with Crippen molar-refractivity contribution in [3.05, 3.63) is 58.6 Å². The van der Waals surface area contributed by atoms with E-state index in [-0.39, 0.29) is 29.1 Å². The lowest BCUT2D eigenvalue weighted by Gasteiger charge is -2.32. The van der Waals surface area contributed by atoms with Crippen LogP contribution in [-0.4, -0.2) is 39.7 Å². The normalized spacial score (nSPS) is 16.3. The molecule has 1 aromatic carbocycles. The molecule has 2 amide bonds. The monoisotopic (exact) mass is 434 g/mol. The summed E-state index contributed by atoms with van der Waals surface area (Å²) in [5, 5.41) is 8.10. The fourth-order valence-corrected chi connectivity index (χ4v) is 3.98. The molecule has 0 spiro atoms. The van der Waals surface area contributed by atoms with Gasteiger partial charge < -0.3 is 16.0 Å². The first-order valence-electron chi connectivity index (χ1n) is 10.7.